The number of rotatable bonds is 3. The first-order valence-electron chi connectivity index (χ1n) is 3.29. The SMILES string of the molecule is CCC.O=CCC(=O)C(=O)O. The molecule has 4 nitrogen and oxygen atoms in total. The molecule has 4 heteroatoms. The molecule has 0 rings (SSSR count). The van der Waals surface area contributed by atoms with E-state index in [-0.39, 0.29) is 6.29 Å². The van der Waals surface area contributed by atoms with Crippen molar-refractivity contribution in [2.75, 3.05) is 0 Å². The Hall–Kier alpha value is -1.19. The van der Waals surface area contributed by atoms with Crippen LogP contribution in [0.15, 0.2) is 0 Å². The van der Waals surface area contributed by atoms with Gasteiger partial charge in [-0.15, -0.1) is 0 Å². The molecule has 0 unspecified atom stereocenters. The second-order valence-corrected chi connectivity index (χ2v) is 1.81. The minimum Gasteiger partial charge on any atom is -0.475 e. The van der Waals surface area contributed by atoms with Crippen molar-refractivity contribution in [2.45, 2.75) is 26.7 Å². The number of aliphatic carboxylic acids is 1. The van der Waals surface area contributed by atoms with Crippen LogP contribution in [-0.2, 0) is 14.4 Å². The fourth-order valence-electron chi connectivity index (χ4n) is 0.163. The number of carboxylic acid groups (broad SMARTS) is 1. The molecule has 0 spiro atoms. The first-order chi connectivity index (χ1) is 5.09. The maximum absolute atomic E-state index is 9.91. The number of hydrogen-bond donors (Lipinski definition) is 1. The highest BCUT2D eigenvalue weighted by Gasteiger charge is 2.08. The van der Waals surface area contributed by atoms with Crippen LogP contribution in [0.1, 0.15) is 26.7 Å². The zero-order chi connectivity index (χ0) is 9.28. The Kier molecular flexibility index (Phi) is 10.00. The Bertz CT molecular complexity index is 139. The highest BCUT2D eigenvalue weighted by Crippen LogP contribution is 1.75. The predicted octanol–water partition coefficient (Wildman–Crippen LogP) is 0.645. The van der Waals surface area contributed by atoms with Crippen LogP contribution < -0.4 is 0 Å². The number of carboxylic acids is 1. The Morgan fingerprint density at radius 1 is 1.36 bits per heavy atom. The summed E-state index contributed by atoms with van der Waals surface area (Å²) in [5.41, 5.74) is 0. The van der Waals surface area contributed by atoms with Crippen LogP contribution in [0.5, 0.6) is 0 Å². The topological polar surface area (TPSA) is 71.4 Å². The number of ketones is 1. The molecule has 0 amide bonds. The fraction of sp³-hybridized carbons (Fsp3) is 0.571. The quantitative estimate of drug-likeness (QED) is 0.373. The maximum Gasteiger partial charge on any atom is 0.372 e. The van der Waals surface area contributed by atoms with Gasteiger partial charge in [0.2, 0.25) is 5.78 Å². The summed E-state index contributed by atoms with van der Waals surface area (Å²) in [6, 6.07) is 0. The van der Waals surface area contributed by atoms with E-state index in [2.05, 4.69) is 13.8 Å². The van der Waals surface area contributed by atoms with Gasteiger partial charge < -0.3 is 9.90 Å². The van der Waals surface area contributed by atoms with Crippen LogP contribution in [0, 0.1) is 0 Å². The number of Topliss-reactive ketones (excluding diaryl/α,β-unsaturated/α-hetero) is 1. The fourth-order valence-corrected chi connectivity index (χ4v) is 0.163. The van der Waals surface area contributed by atoms with Gasteiger partial charge in [0, 0.05) is 0 Å². The number of aldehydes is 1. The van der Waals surface area contributed by atoms with Gasteiger partial charge in [0.15, 0.2) is 0 Å². The summed E-state index contributed by atoms with van der Waals surface area (Å²) in [4.78, 5) is 28.9. The highest BCUT2D eigenvalue weighted by atomic mass is 16.4. The van der Waals surface area contributed by atoms with Crippen LogP contribution in [0.2, 0.25) is 0 Å². The molecule has 0 aliphatic rings. The first kappa shape index (κ1) is 12.5. The Morgan fingerprint density at radius 2 is 1.73 bits per heavy atom. The Balaban J connectivity index is 0. The van der Waals surface area contributed by atoms with Gasteiger partial charge in [0.25, 0.3) is 0 Å². The monoisotopic (exact) mass is 160 g/mol. The third kappa shape index (κ3) is 12.1. The summed E-state index contributed by atoms with van der Waals surface area (Å²) in [6.45, 7) is 4.25. The average molecular weight is 160 g/mol. The molecule has 0 aliphatic carbocycles. The third-order valence-electron chi connectivity index (χ3n) is 0.507. The van der Waals surface area contributed by atoms with E-state index in [9.17, 15) is 14.4 Å². The van der Waals surface area contributed by atoms with Crippen molar-refractivity contribution in [1.82, 2.24) is 0 Å². The summed E-state index contributed by atoms with van der Waals surface area (Å²) >= 11 is 0. The molecule has 0 aromatic rings. The van der Waals surface area contributed by atoms with Crippen molar-refractivity contribution in [2.24, 2.45) is 0 Å². The minimum absolute atomic E-state index is 0.260. The molecule has 11 heavy (non-hydrogen) atoms. The van der Waals surface area contributed by atoms with Gasteiger partial charge in [-0.2, -0.15) is 0 Å². The van der Waals surface area contributed by atoms with E-state index < -0.39 is 18.2 Å². The van der Waals surface area contributed by atoms with Crippen molar-refractivity contribution < 1.29 is 19.5 Å². The summed E-state index contributed by atoms with van der Waals surface area (Å²) in [7, 11) is 0. The number of carbonyl (C=O) groups excluding carboxylic acids is 2. The van der Waals surface area contributed by atoms with E-state index in [1.54, 1.807) is 0 Å². The van der Waals surface area contributed by atoms with Crippen LogP contribution in [-0.4, -0.2) is 23.1 Å². The van der Waals surface area contributed by atoms with Crippen LogP contribution in [0.25, 0.3) is 0 Å². The standard InChI is InChI=1S/C4H4O4.C3H8/c5-2-1-3(6)4(7)8;1-3-2/h2H,1H2,(H,7,8);3H2,1-2H3. The number of hydrogen-bond acceptors (Lipinski definition) is 3. The molecule has 0 radical (unpaired) electrons. The second-order valence-electron chi connectivity index (χ2n) is 1.81. The summed E-state index contributed by atoms with van der Waals surface area (Å²) in [6.07, 6.45) is 0.978. The zero-order valence-corrected chi connectivity index (χ0v) is 6.66. The molecular formula is C7H12O4. The molecule has 1 N–H and O–H groups in total. The van der Waals surface area contributed by atoms with Crippen LogP contribution in [0.3, 0.4) is 0 Å². The van der Waals surface area contributed by atoms with E-state index in [4.69, 9.17) is 5.11 Å². The average Bonchev–Trinajstić information content (AvgIpc) is 1.90. The molecule has 0 aromatic carbocycles. The first-order valence-corrected chi connectivity index (χ1v) is 3.29. The van der Waals surface area contributed by atoms with Crippen molar-refractivity contribution in [3.63, 3.8) is 0 Å². The second kappa shape index (κ2) is 8.81. The number of carbonyl (C=O) groups is 3. The lowest BCUT2D eigenvalue weighted by atomic mass is 10.3. The van der Waals surface area contributed by atoms with E-state index >= 15 is 0 Å². The molecule has 0 bridgehead atoms. The Labute approximate surface area is 65.2 Å². The highest BCUT2D eigenvalue weighted by molar-refractivity contribution is 6.34. The molecule has 0 aromatic heterocycles. The molecule has 0 heterocycles. The van der Waals surface area contributed by atoms with Crippen molar-refractivity contribution in [3.8, 4) is 0 Å². The maximum atomic E-state index is 9.91. The summed E-state index contributed by atoms with van der Waals surface area (Å²) in [5.74, 6) is -2.63. The molecule has 64 valence electrons. The van der Waals surface area contributed by atoms with Gasteiger partial charge in [0.05, 0.1) is 6.42 Å². The normalized spacial score (nSPS) is 7.45. The summed E-state index contributed by atoms with van der Waals surface area (Å²) in [5, 5.41) is 7.80. The lowest BCUT2D eigenvalue weighted by Crippen LogP contribution is -2.11. The third-order valence-corrected chi connectivity index (χ3v) is 0.507. The van der Waals surface area contributed by atoms with Gasteiger partial charge in [0.1, 0.15) is 6.29 Å². The van der Waals surface area contributed by atoms with Crippen molar-refractivity contribution >= 4 is 18.0 Å². The van der Waals surface area contributed by atoms with Crippen LogP contribution in [0.4, 0.5) is 0 Å². The molecule has 0 saturated heterocycles. The smallest absolute Gasteiger partial charge is 0.372 e. The van der Waals surface area contributed by atoms with Gasteiger partial charge >= 0.3 is 5.97 Å². The van der Waals surface area contributed by atoms with Gasteiger partial charge in [-0.3, -0.25) is 4.79 Å². The molecular weight excluding hydrogens is 148 g/mol. The molecule has 0 fully saturated rings. The molecule has 0 aliphatic heterocycles. The predicted molar refractivity (Wildman–Crippen MR) is 39.3 cm³/mol. The van der Waals surface area contributed by atoms with E-state index in [1.807, 2.05) is 0 Å². The lowest BCUT2D eigenvalue weighted by molar-refractivity contribution is -0.149. The van der Waals surface area contributed by atoms with Crippen molar-refractivity contribution in [3.05, 3.63) is 0 Å². The lowest BCUT2D eigenvalue weighted by Gasteiger charge is -1.80. The largest absolute Gasteiger partial charge is 0.475 e. The molecule has 0 atom stereocenters. The van der Waals surface area contributed by atoms with Gasteiger partial charge in [-0.05, 0) is 0 Å². The Morgan fingerprint density at radius 3 is 1.82 bits per heavy atom. The minimum atomic E-state index is -1.56. The summed E-state index contributed by atoms with van der Waals surface area (Å²) < 4.78 is 0. The van der Waals surface area contributed by atoms with E-state index in [0.29, 0.717) is 0 Å². The molecule has 0 saturated carbocycles. The van der Waals surface area contributed by atoms with Gasteiger partial charge in [-0.25, -0.2) is 4.79 Å². The van der Waals surface area contributed by atoms with Crippen molar-refractivity contribution in [1.29, 1.82) is 0 Å². The van der Waals surface area contributed by atoms with Gasteiger partial charge in [-0.1, -0.05) is 20.3 Å². The van der Waals surface area contributed by atoms with E-state index in [1.165, 1.54) is 6.42 Å². The van der Waals surface area contributed by atoms with E-state index in [0.717, 1.165) is 0 Å². The zero-order valence-electron chi connectivity index (χ0n) is 6.66. The van der Waals surface area contributed by atoms with Crippen LogP contribution >= 0.6 is 0 Å².